The summed E-state index contributed by atoms with van der Waals surface area (Å²) in [5, 5.41) is 0. The summed E-state index contributed by atoms with van der Waals surface area (Å²) in [5.74, 6) is 0.131. The van der Waals surface area contributed by atoms with Gasteiger partial charge in [0.1, 0.15) is 0 Å². The number of hydrogen-bond donors (Lipinski definition) is 2. The second kappa shape index (κ2) is 4.41. The maximum absolute atomic E-state index is 11.1. The van der Waals surface area contributed by atoms with E-state index in [1.54, 1.807) is 0 Å². The number of carbonyl (C=O) groups is 1. The molecule has 0 heterocycles. The number of hydrogen-bond acceptors (Lipinski definition) is 3. The molecule has 0 bridgehead atoms. The first kappa shape index (κ1) is 9.59. The van der Waals surface area contributed by atoms with Crippen molar-refractivity contribution in [3.8, 4) is 0 Å². The number of rotatable bonds is 4. The summed E-state index contributed by atoms with van der Waals surface area (Å²) < 4.78 is 0. The molecule has 0 aliphatic rings. The molecule has 0 fully saturated rings. The molecule has 0 radical (unpaired) electrons. The Kier molecular flexibility index (Phi) is 4.23. The lowest BCUT2D eigenvalue weighted by Gasteiger charge is -2.10. The van der Waals surface area contributed by atoms with Gasteiger partial charge in [-0.05, 0) is 13.0 Å². The van der Waals surface area contributed by atoms with E-state index in [1.807, 2.05) is 13.8 Å². The van der Waals surface area contributed by atoms with Crippen molar-refractivity contribution in [3.63, 3.8) is 0 Å². The van der Waals surface area contributed by atoms with Crippen molar-refractivity contribution in [1.29, 1.82) is 0 Å². The van der Waals surface area contributed by atoms with Crippen molar-refractivity contribution in [2.75, 3.05) is 6.54 Å². The summed E-state index contributed by atoms with van der Waals surface area (Å²) in [4.78, 5) is 11.1. The number of nitrogens with two attached hydrogens (primary N) is 2. The maximum Gasteiger partial charge on any atom is 0.152 e. The summed E-state index contributed by atoms with van der Waals surface area (Å²) >= 11 is 0. The summed E-state index contributed by atoms with van der Waals surface area (Å²) in [6.45, 7) is 4.18. The first-order valence-electron chi connectivity index (χ1n) is 3.59. The molecule has 0 aromatic rings. The van der Waals surface area contributed by atoms with Crippen LogP contribution in [0.25, 0.3) is 0 Å². The monoisotopic (exact) mass is 144 g/mol. The van der Waals surface area contributed by atoms with E-state index in [1.165, 1.54) is 0 Å². The van der Waals surface area contributed by atoms with Crippen LogP contribution in [0.3, 0.4) is 0 Å². The van der Waals surface area contributed by atoms with Crippen LogP contribution in [0.5, 0.6) is 0 Å². The van der Waals surface area contributed by atoms with Crippen molar-refractivity contribution in [3.05, 3.63) is 0 Å². The van der Waals surface area contributed by atoms with E-state index in [2.05, 4.69) is 0 Å². The van der Waals surface area contributed by atoms with Gasteiger partial charge in [0.25, 0.3) is 0 Å². The molecule has 1 atom stereocenters. The molecule has 60 valence electrons. The van der Waals surface area contributed by atoms with Gasteiger partial charge in [-0.3, -0.25) is 4.79 Å². The Morgan fingerprint density at radius 1 is 1.50 bits per heavy atom. The van der Waals surface area contributed by atoms with Gasteiger partial charge >= 0.3 is 0 Å². The molecular weight excluding hydrogens is 128 g/mol. The van der Waals surface area contributed by atoms with Crippen LogP contribution in [-0.2, 0) is 4.79 Å². The Morgan fingerprint density at radius 2 is 2.00 bits per heavy atom. The van der Waals surface area contributed by atoms with Gasteiger partial charge < -0.3 is 11.5 Å². The molecule has 0 saturated carbocycles. The highest BCUT2D eigenvalue weighted by Crippen LogP contribution is 1.99. The average molecular weight is 144 g/mol. The predicted molar refractivity (Wildman–Crippen MR) is 41.5 cm³/mol. The van der Waals surface area contributed by atoms with Crippen LogP contribution in [0.1, 0.15) is 20.3 Å². The van der Waals surface area contributed by atoms with Gasteiger partial charge in [0.15, 0.2) is 5.78 Å². The molecule has 0 aliphatic heterocycles. The van der Waals surface area contributed by atoms with E-state index in [9.17, 15) is 4.79 Å². The van der Waals surface area contributed by atoms with Gasteiger partial charge in [-0.1, -0.05) is 13.8 Å². The molecule has 0 rings (SSSR count). The molecule has 10 heavy (non-hydrogen) atoms. The van der Waals surface area contributed by atoms with Crippen LogP contribution < -0.4 is 11.5 Å². The minimum Gasteiger partial charge on any atom is -0.330 e. The normalized spacial score (nSPS) is 13.7. The number of carbonyl (C=O) groups excluding carboxylic acids is 1. The molecular formula is C7H16N2O. The van der Waals surface area contributed by atoms with Gasteiger partial charge in [0.05, 0.1) is 6.04 Å². The largest absolute Gasteiger partial charge is 0.330 e. The fourth-order valence-corrected chi connectivity index (χ4v) is 0.750. The summed E-state index contributed by atoms with van der Waals surface area (Å²) in [6.07, 6.45) is 0.594. The van der Waals surface area contributed by atoms with Crippen molar-refractivity contribution in [2.45, 2.75) is 26.3 Å². The molecule has 0 aromatic heterocycles. The Balaban J connectivity index is 3.71. The molecule has 0 aromatic carbocycles. The van der Waals surface area contributed by atoms with Gasteiger partial charge in [-0.2, -0.15) is 0 Å². The molecule has 4 N–H and O–H groups in total. The molecule has 0 amide bonds. The lowest BCUT2D eigenvalue weighted by molar-refractivity contribution is -0.123. The van der Waals surface area contributed by atoms with E-state index >= 15 is 0 Å². The highest BCUT2D eigenvalue weighted by Gasteiger charge is 2.15. The second-order valence-electron chi connectivity index (χ2n) is 2.74. The average Bonchev–Trinajstić information content (AvgIpc) is 1.87. The van der Waals surface area contributed by atoms with Gasteiger partial charge in [0.2, 0.25) is 0 Å². The lowest BCUT2D eigenvalue weighted by atomic mass is 10.0. The van der Waals surface area contributed by atoms with Crippen molar-refractivity contribution >= 4 is 5.78 Å². The fourth-order valence-electron chi connectivity index (χ4n) is 0.750. The SMILES string of the molecule is CC(C)C(=O)C(N)CCN. The first-order valence-corrected chi connectivity index (χ1v) is 3.59. The topological polar surface area (TPSA) is 69.1 Å². The number of Topliss-reactive ketones (excluding diaryl/α,β-unsaturated/α-hetero) is 1. The third-order valence-corrected chi connectivity index (χ3v) is 1.41. The van der Waals surface area contributed by atoms with Crippen LogP contribution in [0, 0.1) is 5.92 Å². The van der Waals surface area contributed by atoms with Crippen LogP contribution in [-0.4, -0.2) is 18.4 Å². The maximum atomic E-state index is 11.1. The first-order chi connectivity index (χ1) is 4.59. The van der Waals surface area contributed by atoms with E-state index in [4.69, 9.17) is 11.5 Å². The fraction of sp³-hybridized carbons (Fsp3) is 0.857. The quantitative estimate of drug-likeness (QED) is 0.578. The van der Waals surface area contributed by atoms with Gasteiger partial charge in [0, 0.05) is 5.92 Å². The van der Waals surface area contributed by atoms with Crippen molar-refractivity contribution < 1.29 is 4.79 Å². The Labute approximate surface area is 61.8 Å². The highest BCUT2D eigenvalue weighted by atomic mass is 16.1. The van der Waals surface area contributed by atoms with E-state index in [-0.39, 0.29) is 17.7 Å². The van der Waals surface area contributed by atoms with Crippen LogP contribution in [0.4, 0.5) is 0 Å². The summed E-state index contributed by atoms with van der Waals surface area (Å²) in [5.41, 5.74) is 10.7. The van der Waals surface area contributed by atoms with Crippen molar-refractivity contribution in [2.24, 2.45) is 17.4 Å². The zero-order valence-corrected chi connectivity index (χ0v) is 6.63. The minimum atomic E-state index is -0.356. The van der Waals surface area contributed by atoms with Crippen molar-refractivity contribution in [1.82, 2.24) is 0 Å². The summed E-state index contributed by atoms with van der Waals surface area (Å²) in [7, 11) is 0. The number of ketones is 1. The Morgan fingerprint density at radius 3 is 2.30 bits per heavy atom. The van der Waals surface area contributed by atoms with E-state index < -0.39 is 0 Å². The van der Waals surface area contributed by atoms with Crippen LogP contribution in [0.15, 0.2) is 0 Å². The molecule has 3 heteroatoms. The minimum absolute atomic E-state index is 0.0292. The Bertz CT molecular complexity index is 112. The third kappa shape index (κ3) is 2.94. The smallest absolute Gasteiger partial charge is 0.152 e. The Hall–Kier alpha value is -0.410. The van der Waals surface area contributed by atoms with Crippen LogP contribution in [0.2, 0.25) is 0 Å². The second-order valence-corrected chi connectivity index (χ2v) is 2.74. The molecule has 1 unspecified atom stereocenters. The standard InChI is InChI=1S/C7H16N2O/c1-5(2)7(10)6(9)3-4-8/h5-6H,3-4,8-9H2,1-2H3. The van der Waals surface area contributed by atoms with Crippen LogP contribution >= 0.6 is 0 Å². The molecule has 0 spiro atoms. The van der Waals surface area contributed by atoms with E-state index in [0.29, 0.717) is 13.0 Å². The molecule has 3 nitrogen and oxygen atoms in total. The van der Waals surface area contributed by atoms with Gasteiger partial charge in [-0.25, -0.2) is 0 Å². The highest BCUT2D eigenvalue weighted by molar-refractivity contribution is 5.85. The zero-order valence-electron chi connectivity index (χ0n) is 6.63. The molecule has 0 aliphatic carbocycles. The van der Waals surface area contributed by atoms with Gasteiger partial charge in [-0.15, -0.1) is 0 Å². The van der Waals surface area contributed by atoms with E-state index in [0.717, 1.165) is 0 Å². The summed E-state index contributed by atoms with van der Waals surface area (Å²) in [6, 6.07) is -0.356. The predicted octanol–water partition coefficient (Wildman–Crippen LogP) is -0.112. The zero-order chi connectivity index (χ0) is 8.15. The third-order valence-electron chi connectivity index (χ3n) is 1.41. The lowest BCUT2D eigenvalue weighted by Crippen LogP contribution is -2.35. The molecule has 0 saturated heterocycles.